The highest BCUT2D eigenvalue weighted by Gasteiger charge is 2.29. The van der Waals surface area contributed by atoms with Crippen LogP contribution >= 0.6 is 15.9 Å². The van der Waals surface area contributed by atoms with Crippen molar-refractivity contribution in [2.24, 2.45) is 0 Å². The van der Waals surface area contributed by atoms with E-state index in [0.29, 0.717) is 16.1 Å². The molecule has 1 heterocycles. The van der Waals surface area contributed by atoms with Gasteiger partial charge in [-0.15, -0.1) is 0 Å². The summed E-state index contributed by atoms with van der Waals surface area (Å²) in [6, 6.07) is 9.57. The Hall–Kier alpha value is -1.33. The lowest BCUT2D eigenvalue weighted by Gasteiger charge is -2.27. The Morgan fingerprint density at radius 3 is 2.72 bits per heavy atom. The van der Waals surface area contributed by atoms with Gasteiger partial charge in [0.05, 0.1) is 6.61 Å². The number of nitrogens with one attached hydrogen (secondary N) is 1. The van der Waals surface area contributed by atoms with Crippen LogP contribution in [0, 0.1) is 5.82 Å². The van der Waals surface area contributed by atoms with Gasteiger partial charge in [-0.3, -0.25) is 0 Å². The molecule has 0 aliphatic rings. The fraction of sp³-hybridized carbons (Fsp3) is 0.231. The fourth-order valence-corrected chi connectivity index (χ4v) is 1.98. The predicted octanol–water partition coefficient (Wildman–Crippen LogP) is 3.50. The van der Waals surface area contributed by atoms with E-state index in [0.717, 1.165) is 0 Å². The summed E-state index contributed by atoms with van der Waals surface area (Å²) in [7, 11) is 0. The lowest BCUT2D eigenvalue weighted by molar-refractivity contribution is 0.202. The third kappa shape index (κ3) is 2.73. The van der Waals surface area contributed by atoms with E-state index < -0.39 is 5.54 Å². The summed E-state index contributed by atoms with van der Waals surface area (Å²) in [4.78, 5) is 0. The second-order valence-electron chi connectivity index (χ2n) is 4.23. The third-order valence-electron chi connectivity index (χ3n) is 2.68. The van der Waals surface area contributed by atoms with Crippen LogP contribution in [0.15, 0.2) is 45.5 Å². The number of rotatable bonds is 4. The van der Waals surface area contributed by atoms with Gasteiger partial charge in [-0.1, -0.05) is 6.07 Å². The largest absolute Gasteiger partial charge is 0.452 e. The van der Waals surface area contributed by atoms with Crippen molar-refractivity contribution in [3.8, 4) is 0 Å². The summed E-state index contributed by atoms with van der Waals surface area (Å²) in [6.45, 7) is 1.60. The molecule has 2 aromatic rings. The molecular formula is C13H13BrFNO2. The Balaban J connectivity index is 2.28. The lowest BCUT2D eigenvalue weighted by atomic mass is 9.99. The summed E-state index contributed by atoms with van der Waals surface area (Å²) in [5.74, 6) is 0.238. The van der Waals surface area contributed by atoms with E-state index in [2.05, 4.69) is 21.2 Å². The van der Waals surface area contributed by atoms with E-state index in [1.54, 1.807) is 31.2 Å². The molecule has 0 aliphatic carbocycles. The molecule has 0 radical (unpaired) electrons. The van der Waals surface area contributed by atoms with Gasteiger partial charge < -0.3 is 14.8 Å². The highest BCUT2D eigenvalue weighted by Crippen LogP contribution is 2.29. The van der Waals surface area contributed by atoms with E-state index in [9.17, 15) is 9.50 Å². The first-order valence-electron chi connectivity index (χ1n) is 5.44. The van der Waals surface area contributed by atoms with Crippen molar-refractivity contribution in [3.05, 3.63) is 52.6 Å². The van der Waals surface area contributed by atoms with E-state index in [1.807, 2.05) is 0 Å². The molecule has 0 bridgehead atoms. The van der Waals surface area contributed by atoms with Crippen molar-refractivity contribution in [2.75, 3.05) is 11.9 Å². The summed E-state index contributed by atoms with van der Waals surface area (Å²) >= 11 is 3.21. The van der Waals surface area contributed by atoms with Crippen molar-refractivity contribution in [1.82, 2.24) is 0 Å². The first-order valence-corrected chi connectivity index (χ1v) is 6.23. The standard InChI is InChI=1S/C13H13BrFNO2/c1-13(8-17,11-5-6-12(14)18-11)16-10-4-2-3-9(15)7-10/h2-7,16-17H,8H2,1H3. The summed E-state index contributed by atoms with van der Waals surface area (Å²) in [5.41, 5.74) is -0.223. The summed E-state index contributed by atoms with van der Waals surface area (Å²) < 4.78 is 19.1. The van der Waals surface area contributed by atoms with Gasteiger partial charge in [0.25, 0.3) is 0 Å². The van der Waals surface area contributed by atoms with Crippen LogP contribution in [0.25, 0.3) is 0 Å². The minimum atomic E-state index is -0.806. The van der Waals surface area contributed by atoms with Crippen molar-refractivity contribution in [1.29, 1.82) is 0 Å². The van der Waals surface area contributed by atoms with Gasteiger partial charge >= 0.3 is 0 Å². The second kappa shape index (κ2) is 5.12. The van der Waals surface area contributed by atoms with E-state index >= 15 is 0 Å². The maximum Gasteiger partial charge on any atom is 0.169 e. The first kappa shape index (κ1) is 13.1. The molecular weight excluding hydrogens is 301 g/mol. The van der Waals surface area contributed by atoms with Crippen LogP contribution in [0.5, 0.6) is 0 Å². The molecule has 1 unspecified atom stereocenters. The molecule has 2 rings (SSSR count). The molecule has 0 spiro atoms. The van der Waals surface area contributed by atoms with Gasteiger partial charge in [-0.05, 0) is 53.2 Å². The molecule has 0 fully saturated rings. The van der Waals surface area contributed by atoms with E-state index in [-0.39, 0.29) is 12.4 Å². The van der Waals surface area contributed by atoms with Crippen LogP contribution < -0.4 is 5.32 Å². The van der Waals surface area contributed by atoms with Gasteiger partial charge in [-0.25, -0.2) is 4.39 Å². The number of aliphatic hydroxyl groups is 1. The van der Waals surface area contributed by atoms with Crippen LogP contribution in [0.4, 0.5) is 10.1 Å². The van der Waals surface area contributed by atoms with Crippen molar-refractivity contribution in [3.63, 3.8) is 0 Å². The summed E-state index contributed by atoms with van der Waals surface area (Å²) in [6.07, 6.45) is 0. The molecule has 0 aliphatic heterocycles. The predicted molar refractivity (Wildman–Crippen MR) is 70.9 cm³/mol. The molecule has 2 N–H and O–H groups in total. The number of furan rings is 1. The van der Waals surface area contributed by atoms with Crippen LogP contribution in [0.2, 0.25) is 0 Å². The Morgan fingerprint density at radius 1 is 1.39 bits per heavy atom. The maximum atomic E-state index is 13.1. The minimum absolute atomic E-state index is 0.177. The van der Waals surface area contributed by atoms with E-state index in [1.165, 1.54) is 12.1 Å². The maximum absolute atomic E-state index is 13.1. The zero-order valence-corrected chi connectivity index (χ0v) is 11.4. The first-order chi connectivity index (χ1) is 8.53. The zero-order valence-electron chi connectivity index (χ0n) is 9.78. The highest BCUT2D eigenvalue weighted by atomic mass is 79.9. The average molecular weight is 314 g/mol. The average Bonchev–Trinajstić information content (AvgIpc) is 2.76. The van der Waals surface area contributed by atoms with Gasteiger partial charge in [0.15, 0.2) is 4.67 Å². The van der Waals surface area contributed by atoms with Crippen LogP contribution in [-0.2, 0) is 5.54 Å². The smallest absolute Gasteiger partial charge is 0.169 e. The van der Waals surface area contributed by atoms with Crippen molar-refractivity contribution < 1.29 is 13.9 Å². The Labute approximate surface area is 113 Å². The molecule has 0 amide bonds. The zero-order chi connectivity index (χ0) is 13.2. The third-order valence-corrected chi connectivity index (χ3v) is 3.10. The summed E-state index contributed by atoms with van der Waals surface area (Å²) in [5, 5.41) is 12.6. The van der Waals surface area contributed by atoms with Gasteiger partial charge in [0.1, 0.15) is 17.1 Å². The van der Waals surface area contributed by atoms with Crippen LogP contribution in [-0.4, -0.2) is 11.7 Å². The number of hydrogen-bond acceptors (Lipinski definition) is 3. The molecule has 1 aromatic carbocycles. The Kier molecular flexibility index (Phi) is 3.73. The van der Waals surface area contributed by atoms with E-state index in [4.69, 9.17) is 4.42 Å². The Morgan fingerprint density at radius 2 is 2.17 bits per heavy atom. The molecule has 1 aromatic heterocycles. The molecule has 5 heteroatoms. The highest BCUT2D eigenvalue weighted by molar-refractivity contribution is 9.10. The number of aliphatic hydroxyl groups excluding tert-OH is 1. The molecule has 3 nitrogen and oxygen atoms in total. The minimum Gasteiger partial charge on any atom is -0.452 e. The van der Waals surface area contributed by atoms with Crippen molar-refractivity contribution >= 4 is 21.6 Å². The fourth-order valence-electron chi connectivity index (χ4n) is 1.67. The van der Waals surface area contributed by atoms with Gasteiger partial charge in [0, 0.05) is 5.69 Å². The van der Waals surface area contributed by atoms with Gasteiger partial charge in [0.2, 0.25) is 0 Å². The number of benzene rings is 1. The van der Waals surface area contributed by atoms with Crippen molar-refractivity contribution in [2.45, 2.75) is 12.5 Å². The molecule has 18 heavy (non-hydrogen) atoms. The topological polar surface area (TPSA) is 45.4 Å². The molecule has 1 atom stereocenters. The monoisotopic (exact) mass is 313 g/mol. The quantitative estimate of drug-likeness (QED) is 0.908. The molecule has 0 saturated carbocycles. The Bertz CT molecular complexity index is 543. The number of hydrogen-bond donors (Lipinski definition) is 2. The number of halogens is 2. The van der Waals surface area contributed by atoms with Crippen LogP contribution in [0.3, 0.4) is 0 Å². The normalized spacial score (nSPS) is 14.2. The van der Waals surface area contributed by atoms with Gasteiger partial charge in [-0.2, -0.15) is 0 Å². The molecule has 96 valence electrons. The van der Waals surface area contributed by atoms with Crippen LogP contribution in [0.1, 0.15) is 12.7 Å². The lowest BCUT2D eigenvalue weighted by Crippen LogP contribution is -2.35. The second-order valence-corrected chi connectivity index (χ2v) is 5.01. The molecule has 0 saturated heterocycles. The SMILES string of the molecule is CC(CO)(Nc1cccc(F)c1)c1ccc(Br)o1. The number of anilines is 1.